The lowest BCUT2D eigenvalue weighted by Crippen LogP contribution is -2.01. The summed E-state index contributed by atoms with van der Waals surface area (Å²) in [5.41, 5.74) is 7.21. The molecule has 0 bridgehead atoms. The van der Waals surface area contributed by atoms with Crippen LogP contribution in [0.25, 0.3) is 0 Å². The number of hydrogen-bond donors (Lipinski definition) is 1. The van der Waals surface area contributed by atoms with Crippen molar-refractivity contribution >= 4 is 11.7 Å². The van der Waals surface area contributed by atoms with Crippen LogP contribution < -0.4 is 5.73 Å². The van der Waals surface area contributed by atoms with Gasteiger partial charge >= 0.3 is 5.97 Å². The van der Waals surface area contributed by atoms with Crippen LogP contribution in [0.4, 0.5) is 5.69 Å². The molecule has 1 heterocycles. The van der Waals surface area contributed by atoms with Gasteiger partial charge < -0.3 is 10.5 Å². The van der Waals surface area contributed by atoms with Crippen molar-refractivity contribution < 1.29 is 9.53 Å². The van der Waals surface area contributed by atoms with Crippen molar-refractivity contribution in [1.29, 1.82) is 0 Å². The minimum atomic E-state index is -0.195. The second-order valence-corrected chi connectivity index (χ2v) is 3.13. The fourth-order valence-corrected chi connectivity index (χ4v) is 1.25. The predicted octanol–water partition coefficient (Wildman–Crippen LogP) is 0.498. The second kappa shape index (κ2) is 4.64. The maximum absolute atomic E-state index is 10.8. The van der Waals surface area contributed by atoms with E-state index in [-0.39, 0.29) is 5.97 Å². The van der Waals surface area contributed by atoms with Gasteiger partial charge in [0.25, 0.3) is 0 Å². The van der Waals surface area contributed by atoms with E-state index in [1.807, 2.05) is 7.05 Å². The molecular weight excluding hydrogens is 182 g/mol. The molecule has 0 spiro atoms. The summed E-state index contributed by atoms with van der Waals surface area (Å²) >= 11 is 0. The molecule has 0 aliphatic carbocycles. The van der Waals surface area contributed by atoms with Gasteiger partial charge in [-0.1, -0.05) is 0 Å². The van der Waals surface area contributed by atoms with Crippen LogP contribution in [0.1, 0.15) is 18.5 Å². The molecule has 0 saturated heterocycles. The molecule has 0 aromatic carbocycles. The Morgan fingerprint density at radius 3 is 2.93 bits per heavy atom. The van der Waals surface area contributed by atoms with Crippen molar-refractivity contribution in [3.63, 3.8) is 0 Å². The van der Waals surface area contributed by atoms with Crippen LogP contribution in [0.5, 0.6) is 0 Å². The Balaban J connectivity index is 2.38. The van der Waals surface area contributed by atoms with Crippen LogP contribution in [0.15, 0.2) is 6.20 Å². The SMILES string of the molecule is COC(=O)CCCc1nn(C)cc1N. The number of carbonyl (C=O) groups is 1. The van der Waals surface area contributed by atoms with Gasteiger partial charge in [-0.25, -0.2) is 0 Å². The summed E-state index contributed by atoms with van der Waals surface area (Å²) in [4.78, 5) is 10.8. The molecule has 0 aliphatic heterocycles. The number of rotatable bonds is 4. The molecule has 0 amide bonds. The Bertz CT molecular complexity index is 320. The minimum Gasteiger partial charge on any atom is -0.469 e. The Morgan fingerprint density at radius 2 is 2.43 bits per heavy atom. The summed E-state index contributed by atoms with van der Waals surface area (Å²) in [7, 11) is 3.21. The number of ether oxygens (including phenoxy) is 1. The zero-order valence-electron chi connectivity index (χ0n) is 8.49. The van der Waals surface area contributed by atoms with Gasteiger partial charge in [-0.3, -0.25) is 9.48 Å². The number of nitrogens with two attached hydrogens (primary N) is 1. The average Bonchev–Trinajstić information content (AvgIpc) is 2.45. The molecule has 78 valence electrons. The Morgan fingerprint density at radius 1 is 1.71 bits per heavy atom. The third-order valence-electron chi connectivity index (χ3n) is 1.96. The third-order valence-corrected chi connectivity index (χ3v) is 1.96. The monoisotopic (exact) mass is 197 g/mol. The van der Waals surface area contributed by atoms with E-state index in [4.69, 9.17) is 5.73 Å². The van der Waals surface area contributed by atoms with E-state index in [0.717, 1.165) is 5.69 Å². The van der Waals surface area contributed by atoms with E-state index in [1.165, 1.54) is 7.11 Å². The van der Waals surface area contributed by atoms with Gasteiger partial charge in [-0.05, 0) is 12.8 Å². The first-order valence-electron chi connectivity index (χ1n) is 4.48. The quantitative estimate of drug-likeness (QED) is 0.713. The summed E-state index contributed by atoms with van der Waals surface area (Å²) in [6.45, 7) is 0. The third kappa shape index (κ3) is 2.76. The molecule has 2 N–H and O–H groups in total. The zero-order valence-corrected chi connectivity index (χ0v) is 8.49. The number of anilines is 1. The van der Waals surface area contributed by atoms with Crippen LogP contribution in [0.3, 0.4) is 0 Å². The smallest absolute Gasteiger partial charge is 0.305 e. The number of aryl methyl sites for hydroxylation is 2. The van der Waals surface area contributed by atoms with Crippen molar-refractivity contribution in [1.82, 2.24) is 9.78 Å². The van der Waals surface area contributed by atoms with E-state index in [9.17, 15) is 4.79 Å². The molecule has 0 aliphatic rings. The lowest BCUT2D eigenvalue weighted by atomic mass is 10.2. The highest BCUT2D eigenvalue weighted by Crippen LogP contribution is 2.11. The van der Waals surface area contributed by atoms with Crippen molar-refractivity contribution in [3.8, 4) is 0 Å². The number of hydrogen-bond acceptors (Lipinski definition) is 4. The first-order chi connectivity index (χ1) is 6.63. The van der Waals surface area contributed by atoms with E-state index in [1.54, 1.807) is 10.9 Å². The van der Waals surface area contributed by atoms with Gasteiger partial charge in [0.1, 0.15) is 0 Å². The highest BCUT2D eigenvalue weighted by molar-refractivity contribution is 5.69. The molecule has 1 aromatic rings. The maximum Gasteiger partial charge on any atom is 0.305 e. The summed E-state index contributed by atoms with van der Waals surface area (Å²) in [6.07, 6.45) is 3.59. The van der Waals surface area contributed by atoms with Crippen LogP contribution in [0, 0.1) is 0 Å². The zero-order chi connectivity index (χ0) is 10.6. The molecule has 1 aromatic heterocycles. The summed E-state index contributed by atoms with van der Waals surface area (Å²) in [5.74, 6) is -0.195. The fraction of sp³-hybridized carbons (Fsp3) is 0.556. The molecule has 0 fully saturated rings. The van der Waals surface area contributed by atoms with Crippen molar-refractivity contribution in [2.75, 3.05) is 12.8 Å². The highest BCUT2D eigenvalue weighted by atomic mass is 16.5. The van der Waals surface area contributed by atoms with E-state index in [0.29, 0.717) is 24.9 Å². The van der Waals surface area contributed by atoms with Crippen LogP contribution in [-0.4, -0.2) is 22.9 Å². The van der Waals surface area contributed by atoms with Gasteiger partial charge in [0.15, 0.2) is 0 Å². The normalized spacial score (nSPS) is 10.1. The molecule has 1 rings (SSSR count). The topological polar surface area (TPSA) is 70.1 Å². The minimum absolute atomic E-state index is 0.195. The molecule has 0 atom stereocenters. The number of nitrogens with zero attached hydrogens (tertiary/aromatic N) is 2. The van der Waals surface area contributed by atoms with E-state index >= 15 is 0 Å². The van der Waals surface area contributed by atoms with E-state index < -0.39 is 0 Å². The number of esters is 1. The number of methoxy groups -OCH3 is 1. The molecule has 5 nitrogen and oxygen atoms in total. The molecule has 14 heavy (non-hydrogen) atoms. The molecule has 0 unspecified atom stereocenters. The van der Waals surface area contributed by atoms with Crippen molar-refractivity contribution in [3.05, 3.63) is 11.9 Å². The summed E-state index contributed by atoms with van der Waals surface area (Å²) in [6, 6.07) is 0. The summed E-state index contributed by atoms with van der Waals surface area (Å²) in [5, 5.41) is 4.17. The molecule has 0 saturated carbocycles. The van der Waals surface area contributed by atoms with Gasteiger partial charge in [0.2, 0.25) is 0 Å². The molecule has 5 heteroatoms. The Kier molecular flexibility index (Phi) is 3.50. The van der Waals surface area contributed by atoms with Crippen LogP contribution in [0.2, 0.25) is 0 Å². The Hall–Kier alpha value is -1.52. The fourth-order valence-electron chi connectivity index (χ4n) is 1.25. The first-order valence-corrected chi connectivity index (χ1v) is 4.48. The summed E-state index contributed by atoms with van der Waals surface area (Å²) < 4.78 is 6.20. The second-order valence-electron chi connectivity index (χ2n) is 3.13. The number of aromatic nitrogens is 2. The van der Waals surface area contributed by atoms with Crippen molar-refractivity contribution in [2.24, 2.45) is 7.05 Å². The largest absolute Gasteiger partial charge is 0.469 e. The van der Waals surface area contributed by atoms with Crippen molar-refractivity contribution in [2.45, 2.75) is 19.3 Å². The Labute approximate surface area is 82.8 Å². The van der Waals surface area contributed by atoms with Gasteiger partial charge in [0.05, 0.1) is 18.5 Å². The standard InChI is InChI=1S/C9H15N3O2/c1-12-6-7(10)8(11-12)4-3-5-9(13)14-2/h6H,3-5,10H2,1-2H3. The van der Waals surface area contributed by atoms with Gasteiger partial charge in [-0.2, -0.15) is 5.10 Å². The van der Waals surface area contributed by atoms with Crippen LogP contribution in [-0.2, 0) is 23.0 Å². The average molecular weight is 197 g/mol. The lowest BCUT2D eigenvalue weighted by molar-refractivity contribution is -0.140. The molecule has 0 radical (unpaired) electrons. The van der Waals surface area contributed by atoms with Gasteiger partial charge in [-0.15, -0.1) is 0 Å². The van der Waals surface area contributed by atoms with E-state index in [2.05, 4.69) is 9.84 Å². The highest BCUT2D eigenvalue weighted by Gasteiger charge is 2.05. The van der Waals surface area contributed by atoms with Crippen LogP contribution >= 0.6 is 0 Å². The predicted molar refractivity (Wildman–Crippen MR) is 52.6 cm³/mol. The lowest BCUT2D eigenvalue weighted by Gasteiger charge is -1.98. The first kappa shape index (κ1) is 10.6. The maximum atomic E-state index is 10.8. The number of carbonyl (C=O) groups excluding carboxylic acids is 1. The van der Waals surface area contributed by atoms with Gasteiger partial charge in [0, 0.05) is 19.7 Å². The molecular formula is C9H15N3O2. The number of nitrogen functional groups attached to an aromatic ring is 1.